The second kappa shape index (κ2) is 6.58. The van der Waals surface area contributed by atoms with Gasteiger partial charge in [-0.05, 0) is 31.2 Å². The van der Waals surface area contributed by atoms with Crippen molar-refractivity contribution < 1.29 is 18.8 Å². The molecule has 0 radical (unpaired) electrons. The van der Waals surface area contributed by atoms with Crippen molar-refractivity contribution in [2.75, 3.05) is 26.2 Å². The van der Waals surface area contributed by atoms with Crippen LogP contribution in [-0.4, -0.2) is 53.7 Å². The van der Waals surface area contributed by atoms with Gasteiger partial charge >= 0.3 is 0 Å². The van der Waals surface area contributed by atoms with Crippen LogP contribution in [0, 0.1) is 12.8 Å². The number of nitrogens with two attached hydrogens (primary N) is 1. The molecule has 1 aromatic heterocycles. The Balaban J connectivity index is 1.85. The second-order valence-corrected chi connectivity index (χ2v) is 6.43. The molecule has 0 spiro atoms. The zero-order valence-corrected chi connectivity index (χ0v) is 14.3. The molecular formula is C18H21N3O4. The number of primary amides is 1. The lowest BCUT2D eigenvalue weighted by Crippen LogP contribution is -2.40. The number of nitrogens with zero attached hydrogens (tertiary/aromatic N) is 2. The maximum Gasteiger partial charge on any atom is 0.253 e. The van der Waals surface area contributed by atoms with E-state index in [1.165, 1.54) is 6.92 Å². The summed E-state index contributed by atoms with van der Waals surface area (Å²) in [4.78, 5) is 39.4. The Bertz CT molecular complexity index is 842. The Hall–Kier alpha value is -2.83. The molecule has 1 unspecified atom stereocenters. The van der Waals surface area contributed by atoms with E-state index in [0.29, 0.717) is 18.7 Å². The molecule has 132 valence electrons. The topological polar surface area (TPSA) is 96.8 Å². The minimum Gasteiger partial charge on any atom is -0.461 e. The molecule has 7 heteroatoms. The van der Waals surface area contributed by atoms with E-state index in [9.17, 15) is 14.4 Å². The fourth-order valence-electron chi connectivity index (χ4n) is 3.16. The Morgan fingerprint density at radius 1 is 1.12 bits per heavy atom. The highest BCUT2D eigenvalue weighted by atomic mass is 16.3. The van der Waals surface area contributed by atoms with Crippen LogP contribution in [-0.2, 0) is 9.59 Å². The van der Waals surface area contributed by atoms with Gasteiger partial charge in [-0.25, -0.2) is 0 Å². The minimum absolute atomic E-state index is 0.129. The van der Waals surface area contributed by atoms with Crippen LogP contribution in [0.25, 0.3) is 11.0 Å². The van der Waals surface area contributed by atoms with Crippen LogP contribution >= 0.6 is 0 Å². The highest BCUT2D eigenvalue weighted by molar-refractivity contribution is 5.98. The normalized spacial score (nSPS) is 18.2. The molecule has 1 aromatic carbocycles. The molecule has 3 rings (SSSR count). The smallest absolute Gasteiger partial charge is 0.253 e. The third-order valence-electron chi connectivity index (χ3n) is 4.54. The van der Waals surface area contributed by atoms with E-state index >= 15 is 0 Å². The Morgan fingerprint density at radius 2 is 1.80 bits per heavy atom. The summed E-state index contributed by atoms with van der Waals surface area (Å²) in [7, 11) is 0. The van der Waals surface area contributed by atoms with Crippen molar-refractivity contribution in [3.8, 4) is 0 Å². The van der Waals surface area contributed by atoms with Gasteiger partial charge in [0.15, 0.2) is 0 Å². The summed E-state index contributed by atoms with van der Waals surface area (Å²) in [5.41, 5.74) is 6.70. The predicted molar refractivity (Wildman–Crippen MR) is 91.8 cm³/mol. The number of benzene rings is 1. The lowest BCUT2D eigenvalue weighted by Gasteiger charge is -2.22. The van der Waals surface area contributed by atoms with Crippen molar-refractivity contribution in [3.63, 3.8) is 0 Å². The molecule has 1 atom stereocenters. The van der Waals surface area contributed by atoms with Crippen molar-refractivity contribution in [3.05, 3.63) is 35.6 Å². The molecule has 1 fully saturated rings. The van der Waals surface area contributed by atoms with E-state index in [0.717, 1.165) is 16.7 Å². The molecule has 2 heterocycles. The zero-order chi connectivity index (χ0) is 18.1. The molecule has 1 aliphatic rings. The highest BCUT2D eigenvalue weighted by Gasteiger charge is 2.30. The number of aryl methyl sites for hydroxylation is 1. The Labute approximate surface area is 145 Å². The minimum atomic E-state index is -0.574. The summed E-state index contributed by atoms with van der Waals surface area (Å²) in [5, 5.41) is 0.856. The highest BCUT2D eigenvalue weighted by Crippen LogP contribution is 2.22. The van der Waals surface area contributed by atoms with Gasteiger partial charge in [-0.2, -0.15) is 0 Å². The van der Waals surface area contributed by atoms with Gasteiger partial charge in [0.2, 0.25) is 11.8 Å². The van der Waals surface area contributed by atoms with E-state index in [1.807, 2.05) is 13.0 Å². The van der Waals surface area contributed by atoms with Crippen LogP contribution in [0.2, 0.25) is 0 Å². The molecule has 2 aromatic rings. The van der Waals surface area contributed by atoms with Crippen LogP contribution in [0.4, 0.5) is 0 Å². The van der Waals surface area contributed by atoms with Crippen LogP contribution in [0.5, 0.6) is 0 Å². The van der Waals surface area contributed by atoms with Gasteiger partial charge in [-0.3, -0.25) is 14.4 Å². The van der Waals surface area contributed by atoms with Gasteiger partial charge in [0.1, 0.15) is 11.3 Å². The van der Waals surface area contributed by atoms with E-state index in [1.54, 1.807) is 28.0 Å². The van der Waals surface area contributed by atoms with E-state index in [4.69, 9.17) is 10.2 Å². The van der Waals surface area contributed by atoms with E-state index in [-0.39, 0.29) is 24.9 Å². The number of furan rings is 1. The zero-order valence-electron chi connectivity index (χ0n) is 14.3. The third kappa shape index (κ3) is 3.50. The third-order valence-corrected chi connectivity index (χ3v) is 4.54. The maximum absolute atomic E-state index is 12.9. The van der Waals surface area contributed by atoms with Crippen LogP contribution in [0.1, 0.15) is 23.0 Å². The summed E-state index contributed by atoms with van der Waals surface area (Å²) in [6, 6.07) is 7.13. The summed E-state index contributed by atoms with van der Waals surface area (Å²) < 4.78 is 5.53. The predicted octanol–water partition coefficient (Wildman–Crippen LogP) is 1.15. The maximum atomic E-state index is 12.9. The quantitative estimate of drug-likeness (QED) is 0.884. The molecular weight excluding hydrogens is 322 g/mol. The second-order valence-electron chi connectivity index (χ2n) is 6.43. The molecule has 0 aliphatic carbocycles. The summed E-state index contributed by atoms with van der Waals surface area (Å²) in [6.07, 6.45) is 0. The molecule has 3 amide bonds. The number of carbonyl (C=O) groups excluding carboxylic acids is 3. The number of fused-ring (bicyclic) bond motifs is 1. The van der Waals surface area contributed by atoms with Crippen molar-refractivity contribution in [2.24, 2.45) is 11.7 Å². The first-order valence-corrected chi connectivity index (χ1v) is 8.19. The molecule has 0 saturated carbocycles. The monoisotopic (exact) mass is 343 g/mol. The van der Waals surface area contributed by atoms with E-state index < -0.39 is 11.8 Å². The fourth-order valence-corrected chi connectivity index (χ4v) is 3.16. The molecule has 2 N–H and O–H groups in total. The molecule has 25 heavy (non-hydrogen) atoms. The largest absolute Gasteiger partial charge is 0.461 e. The standard InChI is InChI=1S/C18H21N3O4/c1-11-7-14-8-13(3-4-16(14)25-11)18(24)21-6-5-20(12(2)22)9-15(10-21)17(19)23/h3-4,7-8,15H,5-6,9-10H2,1-2H3,(H2,19,23). The van der Waals surface area contributed by atoms with Gasteiger partial charge in [0.05, 0.1) is 5.92 Å². The van der Waals surface area contributed by atoms with Crippen molar-refractivity contribution in [2.45, 2.75) is 13.8 Å². The summed E-state index contributed by atoms with van der Waals surface area (Å²) >= 11 is 0. The molecule has 1 aliphatic heterocycles. The summed E-state index contributed by atoms with van der Waals surface area (Å²) in [6.45, 7) is 4.51. The van der Waals surface area contributed by atoms with Crippen LogP contribution in [0.3, 0.4) is 0 Å². The Kier molecular flexibility index (Phi) is 4.48. The fraction of sp³-hybridized carbons (Fsp3) is 0.389. The lowest BCUT2D eigenvalue weighted by molar-refractivity contribution is -0.130. The number of rotatable bonds is 2. The molecule has 7 nitrogen and oxygen atoms in total. The molecule has 0 bridgehead atoms. The van der Waals surface area contributed by atoms with Gasteiger partial charge in [0, 0.05) is 44.1 Å². The van der Waals surface area contributed by atoms with E-state index in [2.05, 4.69) is 0 Å². The lowest BCUT2D eigenvalue weighted by atomic mass is 10.1. The summed E-state index contributed by atoms with van der Waals surface area (Å²) in [5.74, 6) is -0.615. The van der Waals surface area contributed by atoms with Gasteiger partial charge in [0.25, 0.3) is 5.91 Å². The van der Waals surface area contributed by atoms with Crippen molar-refractivity contribution >= 4 is 28.7 Å². The first-order chi connectivity index (χ1) is 11.8. The van der Waals surface area contributed by atoms with Crippen molar-refractivity contribution in [1.82, 2.24) is 9.80 Å². The number of hydrogen-bond acceptors (Lipinski definition) is 4. The van der Waals surface area contributed by atoms with Gasteiger partial charge in [-0.15, -0.1) is 0 Å². The first-order valence-electron chi connectivity index (χ1n) is 8.19. The van der Waals surface area contributed by atoms with Gasteiger partial charge < -0.3 is 20.0 Å². The van der Waals surface area contributed by atoms with Crippen LogP contribution in [0.15, 0.2) is 28.7 Å². The molecule has 1 saturated heterocycles. The SMILES string of the molecule is CC(=O)N1CCN(C(=O)c2ccc3oc(C)cc3c2)CC(C(N)=O)C1. The average Bonchev–Trinajstić information content (AvgIpc) is 2.78. The van der Waals surface area contributed by atoms with Crippen LogP contribution < -0.4 is 5.73 Å². The average molecular weight is 343 g/mol. The van der Waals surface area contributed by atoms with Gasteiger partial charge in [-0.1, -0.05) is 0 Å². The van der Waals surface area contributed by atoms with Crippen molar-refractivity contribution in [1.29, 1.82) is 0 Å². The first kappa shape index (κ1) is 17.0. The number of carbonyl (C=O) groups is 3. The number of amides is 3. The number of hydrogen-bond donors (Lipinski definition) is 1. The Morgan fingerprint density at radius 3 is 2.48 bits per heavy atom.